The van der Waals surface area contributed by atoms with Crippen LogP contribution in [0.3, 0.4) is 0 Å². The fourth-order valence-electron chi connectivity index (χ4n) is 1.61. The molecule has 0 unspecified atom stereocenters. The van der Waals surface area contributed by atoms with Crippen LogP contribution < -0.4 is 10.6 Å². The molecule has 0 aliphatic carbocycles. The molecule has 3 N–H and O–H groups in total. The van der Waals surface area contributed by atoms with E-state index in [9.17, 15) is 18.4 Å². The SMILES string of the molecule is O=C(Nc1cccc(C(=O)O)c1)Nc1cccc(F)c1F. The van der Waals surface area contributed by atoms with Gasteiger partial charge >= 0.3 is 12.0 Å². The first-order valence-electron chi connectivity index (χ1n) is 5.83. The number of carbonyl (C=O) groups excluding carboxylic acids is 1. The van der Waals surface area contributed by atoms with Gasteiger partial charge in [0.25, 0.3) is 0 Å². The number of hydrogen-bond donors (Lipinski definition) is 3. The number of rotatable bonds is 3. The maximum atomic E-state index is 13.4. The van der Waals surface area contributed by atoms with Crippen LogP contribution in [0.15, 0.2) is 42.5 Å². The van der Waals surface area contributed by atoms with Gasteiger partial charge in [-0.15, -0.1) is 0 Å². The third kappa shape index (κ3) is 3.53. The van der Waals surface area contributed by atoms with Gasteiger partial charge in [-0.05, 0) is 30.3 Å². The van der Waals surface area contributed by atoms with Crippen molar-refractivity contribution in [1.82, 2.24) is 0 Å². The molecule has 2 aromatic carbocycles. The Hall–Kier alpha value is -2.96. The van der Waals surface area contributed by atoms with Crippen molar-refractivity contribution in [2.45, 2.75) is 0 Å². The van der Waals surface area contributed by atoms with Crippen molar-refractivity contribution in [3.63, 3.8) is 0 Å². The molecule has 0 aromatic heterocycles. The summed E-state index contributed by atoms with van der Waals surface area (Å²) in [5.74, 6) is -3.40. The summed E-state index contributed by atoms with van der Waals surface area (Å²) in [6, 6.07) is 8.07. The van der Waals surface area contributed by atoms with Gasteiger partial charge in [0.15, 0.2) is 11.6 Å². The number of urea groups is 1. The highest BCUT2D eigenvalue weighted by atomic mass is 19.2. The van der Waals surface area contributed by atoms with Crippen molar-refractivity contribution in [1.29, 1.82) is 0 Å². The van der Waals surface area contributed by atoms with E-state index in [4.69, 9.17) is 5.11 Å². The first kappa shape index (κ1) is 14.4. The second-order valence-electron chi connectivity index (χ2n) is 4.07. The van der Waals surface area contributed by atoms with E-state index in [0.29, 0.717) is 0 Å². The van der Waals surface area contributed by atoms with Crippen LogP contribution in [0.25, 0.3) is 0 Å². The molecule has 0 fully saturated rings. The van der Waals surface area contributed by atoms with E-state index in [-0.39, 0.29) is 16.9 Å². The van der Waals surface area contributed by atoms with Crippen LogP contribution in [-0.2, 0) is 0 Å². The van der Waals surface area contributed by atoms with E-state index >= 15 is 0 Å². The molecule has 0 aliphatic heterocycles. The average Bonchev–Trinajstić information content (AvgIpc) is 2.44. The first-order valence-corrected chi connectivity index (χ1v) is 5.83. The van der Waals surface area contributed by atoms with Crippen molar-refractivity contribution >= 4 is 23.4 Å². The zero-order valence-corrected chi connectivity index (χ0v) is 10.6. The molecule has 0 atom stereocenters. The molecule has 0 heterocycles. The van der Waals surface area contributed by atoms with Gasteiger partial charge in [0.2, 0.25) is 0 Å². The van der Waals surface area contributed by atoms with Gasteiger partial charge in [-0.2, -0.15) is 0 Å². The zero-order chi connectivity index (χ0) is 15.4. The van der Waals surface area contributed by atoms with Crippen LogP contribution in [-0.4, -0.2) is 17.1 Å². The number of carboxylic acid groups (broad SMARTS) is 1. The summed E-state index contributed by atoms with van der Waals surface area (Å²) in [5, 5.41) is 13.3. The van der Waals surface area contributed by atoms with Crippen molar-refractivity contribution in [3.8, 4) is 0 Å². The smallest absolute Gasteiger partial charge is 0.335 e. The summed E-state index contributed by atoms with van der Waals surface area (Å²) < 4.78 is 26.4. The minimum atomic E-state index is -1.17. The van der Waals surface area contributed by atoms with Crippen LogP contribution in [0.4, 0.5) is 25.0 Å². The van der Waals surface area contributed by atoms with Gasteiger partial charge in [-0.3, -0.25) is 0 Å². The fourth-order valence-corrected chi connectivity index (χ4v) is 1.61. The third-order valence-corrected chi connectivity index (χ3v) is 2.57. The molecule has 108 valence electrons. The molecule has 2 aromatic rings. The number of carboxylic acids is 1. The minimum absolute atomic E-state index is 0.00950. The Morgan fingerprint density at radius 3 is 2.43 bits per heavy atom. The standard InChI is InChI=1S/C14H10F2N2O3/c15-10-5-2-6-11(12(10)16)18-14(21)17-9-4-1-3-8(7-9)13(19)20/h1-7H,(H,19,20)(H2,17,18,21). The number of amides is 2. The van der Waals surface area contributed by atoms with Crippen LogP contribution in [0.1, 0.15) is 10.4 Å². The van der Waals surface area contributed by atoms with Crippen molar-refractivity contribution in [3.05, 3.63) is 59.7 Å². The molecule has 2 amide bonds. The van der Waals surface area contributed by atoms with Crippen LogP contribution >= 0.6 is 0 Å². The van der Waals surface area contributed by atoms with Gasteiger partial charge in [-0.1, -0.05) is 12.1 Å². The summed E-state index contributed by atoms with van der Waals surface area (Å²) in [5.41, 5.74) is -0.115. The Labute approximate surface area is 118 Å². The second-order valence-corrected chi connectivity index (χ2v) is 4.07. The Morgan fingerprint density at radius 1 is 1.00 bits per heavy atom. The number of aromatic carboxylic acids is 1. The topological polar surface area (TPSA) is 78.4 Å². The number of carbonyl (C=O) groups is 2. The van der Waals surface area contributed by atoms with Crippen LogP contribution in [0.5, 0.6) is 0 Å². The van der Waals surface area contributed by atoms with Gasteiger partial charge < -0.3 is 15.7 Å². The molecule has 21 heavy (non-hydrogen) atoms. The van der Waals surface area contributed by atoms with E-state index in [1.807, 2.05) is 0 Å². The number of nitrogens with one attached hydrogen (secondary N) is 2. The normalized spacial score (nSPS) is 10.0. The van der Waals surface area contributed by atoms with E-state index < -0.39 is 23.6 Å². The number of anilines is 2. The summed E-state index contributed by atoms with van der Waals surface area (Å²) in [6.45, 7) is 0. The van der Waals surface area contributed by atoms with Gasteiger partial charge in [-0.25, -0.2) is 18.4 Å². The molecule has 0 spiro atoms. The average molecular weight is 292 g/mol. The lowest BCUT2D eigenvalue weighted by molar-refractivity contribution is 0.0697. The van der Waals surface area contributed by atoms with Crippen LogP contribution in [0, 0.1) is 11.6 Å². The predicted molar refractivity (Wildman–Crippen MR) is 72.4 cm³/mol. The molecule has 0 aliphatic rings. The molecule has 7 heteroatoms. The van der Waals surface area contributed by atoms with Crippen LogP contribution in [0.2, 0.25) is 0 Å². The molecule has 0 saturated carbocycles. The quantitative estimate of drug-likeness (QED) is 0.812. The van der Waals surface area contributed by atoms with Gasteiger partial charge in [0.1, 0.15) is 0 Å². The lowest BCUT2D eigenvalue weighted by Crippen LogP contribution is -2.20. The molecule has 0 radical (unpaired) electrons. The highest BCUT2D eigenvalue weighted by Crippen LogP contribution is 2.17. The Bertz CT molecular complexity index is 704. The second kappa shape index (κ2) is 6.00. The minimum Gasteiger partial charge on any atom is -0.478 e. The Balaban J connectivity index is 2.10. The number of benzene rings is 2. The zero-order valence-electron chi connectivity index (χ0n) is 10.6. The molecular formula is C14H10F2N2O3. The summed E-state index contributed by atoms with van der Waals surface area (Å²) in [4.78, 5) is 22.5. The fraction of sp³-hybridized carbons (Fsp3) is 0. The molecule has 0 saturated heterocycles. The third-order valence-electron chi connectivity index (χ3n) is 2.57. The van der Waals surface area contributed by atoms with Gasteiger partial charge in [0, 0.05) is 5.69 Å². The number of hydrogen-bond acceptors (Lipinski definition) is 2. The van der Waals surface area contributed by atoms with Gasteiger partial charge in [0.05, 0.1) is 11.3 Å². The highest BCUT2D eigenvalue weighted by molar-refractivity contribution is 6.00. The monoisotopic (exact) mass is 292 g/mol. The van der Waals surface area contributed by atoms with Crippen molar-refractivity contribution < 1.29 is 23.5 Å². The molecule has 0 bridgehead atoms. The first-order chi connectivity index (χ1) is 9.97. The van der Waals surface area contributed by atoms with Crippen molar-refractivity contribution in [2.24, 2.45) is 0 Å². The maximum absolute atomic E-state index is 13.4. The maximum Gasteiger partial charge on any atom is 0.335 e. The summed E-state index contributed by atoms with van der Waals surface area (Å²) >= 11 is 0. The van der Waals surface area contributed by atoms with E-state index in [2.05, 4.69) is 10.6 Å². The predicted octanol–water partition coefficient (Wildman–Crippen LogP) is 3.31. The number of halogens is 2. The largest absolute Gasteiger partial charge is 0.478 e. The van der Waals surface area contributed by atoms with E-state index in [0.717, 1.165) is 6.07 Å². The van der Waals surface area contributed by atoms with Crippen molar-refractivity contribution in [2.75, 3.05) is 10.6 Å². The Kier molecular flexibility index (Phi) is 4.13. The molecule has 2 rings (SSSR count). The molecular weight excluding hydrogens is 282 g/mol. The van der Waals surface area contributed by atoms with E-state index in [1.165, 1.54) is 36.4 Å². The lowest BCUT2D eigenvalue weighted by Gasteiger charge is -2.09. The lowest BCUT2D eigenvalue weighted by atomic mass is 10.2. The molecule has 5 nitrogen and oxygen atoms in total. The highest BCUT2D eigenvalue weighted by Gasteiger charge is 2.11. The summed E-state index contributed by atoms with van der Waals surface area (Å²) in [6.07, 6.45) is 0. The summed E-state index contributed by atoms with van der Waals surface area (Å²) in [7, 11) is 0. The Morgan fingerprint density at radius 2 is 1.71 bits per heavy atom. The van der Waals surface area contributed by atoms with E-state index in [1.54, 1.807) is 0 Å².